The number of nitrogens with one attached hydrogen (secondary N) is 1. The zero-order chi connectivity index (χ0) is 19.4. The summed E-state index contributed by atoms with van der Waals surface area (Å²) >= 11 is 0. The van der Waals surface area contributed by atoms with Crippen molar-refractivity contribution in [3.05, 3.63) is 77.4 Å². The maximum absolute atomic E-state index is 12.6. The van der Waals surface area contributed by atoms with Crippen LogP contribution in [0.25, 0.3) is 10.8 Å². The van der Waals surface area contributed by atoms with E-state index in [0.29, 0.717) is 5.56 Å². The molecule has 0 radical (unpaired) electrons. The highest BCUT2D eigenvalue weighted by Gasteiger charge is 2.21. The van der Waals surface area contributed by atoms with Crippen LogP contribution in [0.5, 0.6) is 0 Å². The second-order valence-corrected chi connectivity index (χ2v) is 6.53. The SMILES string of the molecule is CCc1cccc(C)c1NC(=O)[C@@H](C)OC(=O)c1cccc2ccccc12. The zero-order valence-corrected chi connectivity index (χ0v) is 15.8. The summed E-state index contributed by atoms with van der Waals surface area (Å²) < 4.78 is 5.44. The van der Waals surface area contributed by atoms with Gasteiger partial charge in [0.05, 0.1) is 5.56 Å². The fraction of sp³-hybridized carbons (Fsp3) is 0.217. The number of hydrogen-bond acceptors (Lipinski definition) is 3. The molecule has 0 saturated carbocycles. The number of hydrogen-bond donors (Lipinski definition) is 1. The van der Waals surface area contributed by atoms with Gasteiger partial charge in [-0.1, -0.05) is 61.5 Å². The van der Waals surface area contributed by atoms with Crippen molar-refractivity contribution in [2.75, 3.05) is 5.32 Å². The Bertz CT molecular complexity index is 989. The quantitative estimate of drug-likeness (QED) is 0.658. The van der Waals surface area contributed by atoms with Gasteiger partial charge in [-0.3, -0.25) is 4.79 Å². The van der Waals surface area contributed by atoms with Gasteiger partial charge < -0.3 is 10.1 Å². The lowest BCUT2D eigenvalue weighted by Gasteiger charge is -2.17. The van der Waals surface area contributed by atoms with Gasteiger partial charge in [0.2, 0.25) is 0 Å². The third-order valence-corrected chi connectivity index (χ3v) is 4.65. The van der Waals surface area contributed by atoms with Crippen molar-refractivity contribution in [1.82, 2.24) is 0 Å². The molecule has 0 aliphatic carbocycles. The topological polar surface area (TPSA) is 55.4 Å². The van der Waals surface area contributed by atoms with Crippen LogP contribution >= 0.6 is 0 Å². The van der Waals surface area contributed by atoms with Crippen LogP contribution < -0.4 is 5.32 Å². The van der Waals surface area contributed by atoms with Crippen molar-refractivity contribution in [3.8, 4) is 0 Å². The van der Waals surface area contributed by atoms with Crippen LogP contribution in [0, 0.1) is 6.92 Å². The molecular weight excluding hydrogens is 338 g/mol. The molecule has 3 rings (SSSR count). The highest BCUT2D eigenvalue weighted by atomic mass is 16.5. The fourth-order valence-electron chi connectivity index (χ4n) is 3.11. The lowest BCUT2D eigenvalue weighted by molar-refractivity contribution is -0.123. The Labute approximate surface area is 159 Å². The maximum Gasteiger partial charge on any atom is 0.339 e. The number of aryl methyl sites for hydroxylation is 2. The summed E-state index contributed by atoms with van der Waals surface area (Å²) in [6.07, 6.45) is -0.0950. The van der Waals surface area contributed by atoms with Gasteiger partial charge in [-0.25, -0.2) is 4.79 Å². The summed E-state index contributed by atoms with van der Waals surface area (Å²) in [7, 11) is 0. The largest absolute Gasteiger partial charge is 0.449 e. The van der Waals surface area contributed by atoms with E-state index in [1.54, 1.807) is 13.0 Å². The lowest BCUT2D eigenvalue weighted by atomic mass is 10.0. The standard InChI is InChI=1S/C23H23NO3/c1-4-17-11-7-9-15(2)21(17)24-22(25)16(3)27-23(26)20-14-8-12-18-10-5-6-13-19(18)20/h5-14,16H,4H2,1-3H3,(H,24,25)/t16-/m1/s1. The number of anilines is 1. The molecule has 0 unspecified atom stereocenters. The molecule has 1 N–H and O–H groups in total. The molecule has 0 spiro atoms. The van der Waals surface area contributed by atoms with Crippen molar-refractivity contribution in [1.29, 1.82) is 0 Å². The van der Waals surface area contributed by atoms with E-state index in [4.69, 9.17) is 4.74 Å². The molecule has 4 nitrogen and oxygen atoms in total. The van der Waals surface area contributed by atoms with Gasteiger partial charge in [-0.05, 0) is 48.2 Å². The maximum atomic E-state index is 12.6. The fourth-order valence-corrected chi connectivity index (χ4v) is 3.11. The van der Waals surface area contributed by atoms with Crippen LogP contribution in [0.3, 0.4) is 0 Å². The van der Waals surface area contributed by atoms with Gasteiger partial charge in [0.15, 0.2) is 6.10 Å². The smallest absolute Gasteiger partial charge is 0.339 e. The number of ether oxygens (including phenoxy) is 1. The molecule has 138 valence electrons. The molecule has 0 aromatic heterocycles. The first kappa shape index (κ1) is 18.6. The first-order chi connectivity index (χ1) is 13.0. The van der Waals surface area contributed by atoms with Gasteiger partial charge >= 0.3 is 5.97 Å². The molecule has 0 bridgehead atoms. The summed E-state index contributed by atoms with van der Waals surface area (Å²) in [5, 5.41) is 4.67. The van der Waals surface area contributed by atoms with Crippen LogP contribution in [0.1, 0.15) is 35.3 Å². The van der Waals surface area contributed by atoms with E-state index >= 15 is 0 Å². The Morgan fingerprint density at radius 1 is 1.00 bits per heavy atom. The number of amides is 1. The second kappa shape index (κ2) is 8.04. The van der Waals surface area contributed by atoms with Crippen molar-refractivity contribution in [3.63, 3.8) is 0 Å². The molecular formula is C23H23NO3. The molecule has 0 saturated heterocycles. The van der Waals surface area contributed by atoms with Gasteiger partial charge in [0.1, 0.15) is 0 Å². The first-order valence-corrected chi connectivity index (χ1v) is 9.09. The molecule has 0 heterocycles. The summed E-state index contributed by atoms with van der Waals surface area (Å²) in [6, 6.07) is 19.0. The summed E-state index contributed by atoms with van der Waals surface area (Å²) in [4.78, 5) is 25.2. The Hall–Kier alpha value is -3.14. The minimum atomic E-state index is -0.902. The van der Waals surface area contributed by atoms with E-state index in [-0.39, 0.29) is 5.91 Å². The zero-order valence-electron chi connectivity index (χ0n) is 15.8. The molecule has 0 aliphatic heterocycles. The average Bonchev–Trinajstić information content (AvgIpc) is 2.68. The molecule has 3 aromatic rings. The number of carbonyl (C=O) groups excluding carboxylic acids is 2. The van der Waals surface area contributed by atoms with E-state index in [1.165, 1.54) is 0 Å². The van der Waals surface area contributed by atoms with E-state index in [0.717, 1.165) is 34.0 Å². The highest BCUT2D eigenvalue weighted by molar-refractivity contribution is 6.05. The van der Waals surface area contributed by atoms with E-state index in [1.807, 2.05) is 68.4 Å². The Kier molecular flexibility index (Phi) is 5.55. The normalized spacial score (nSPS) is 11.8. The number of rotatable bonds is 5. The second-order valence-electron chi connectivity index (χ2n) is 6.53. The number of esters is 1. The van der Waals surface area contributed by atoms with Crippen molar-refractivity contribution >= 4 is 28.3 Å². The van der Waals surface area contributed by atoms with Gasteiger partial charge in [-0.2, -0.15) is 0 Å². The summed E-state index contributed by atoms with van der Waals surface area (Å²) in [5.74, 6) is -0.845. The average molecular weight is 361 g/mol. The number of para-hydroxylation sites is 1. The van der Waals surface area contributed by atoms with Gasteiger partial charge in [0, 0.05) is 5.69 Å². The van der Waals surface area contributed by atoms with Gasteiger partial charge in [-0.15, -0.1) is 0 Å². The predicted octanol–water partition coefficient (Wildman–Crippen LogP) is 4.89. The monoisotopic (exact) mass is 361 g/mol. The number of benzene rings is 3. The Balaban J connectivity index is 1.76. The predicted molar refractivity (Wildman–Crippen MR) is 108 cm³/mol. The number of carbonyl (C=O) groups is 2. The molecule has 3 aromatic carbocycles. The van der Waals surface area contributed by atoms with Crippen molar-refractivity contribution in [2.24, 2.45) is 0 Å². The van der Waals surface area contributed by atoms with Crippen LogP contribution in [0.2, 0.25) is 0 Å². The minimum Gasteiger partial charge on any atom is -0.449 e. The van der Waals surface area contributed by atoms with Crippen LogP contribution in [-0.4, -0.2) is 18.0 Å². The van der Waals surface area contributed by atoms with Crippen molar-refractivity contribution in [2.45, 2.75) is 33.3 Å². The van der Waals surface area contributed by atoms with Crippen LogP contribution in [-0.2, 0) is 16.0 Å². The third kappa shape index (κ3) is 4.00. The van der Waals surface area contributed by atoms with Crippen molar-refractivity contribution < 1.29 is 14.3 Å². The van der Waals surface area contributed by atoms with E-state index in [2.05, 4.69) is 5.32 Å². The van der Waals surface area contributed by atoms with E-state index in [9.17, 15) is 9.59 Å². The summed E-state index contributed by atoms with van der Waals surface area (Å²) in [5.41, 5.74) is 3.28. The molecule has 4 heteroatoms. The van der Waals surface area contributed by atoms with E-state index < -0.39 is 12.1 Å². The highest BCUT2D eigenvalue weighted by Crippen LogP contribution is 2.22. The summed E-state index contributed by atoms with van der Waals surface area (Å²) in [6.45, 7) is 5.57. The van der Waals surface area contributed by atoms with Crippen LogP contribution in [0.4, 0.5) is 5.69 Å². The van der Waals surface area contributed by atoms with Gasteiger partial charge in [0.25, 0.3) is 5.91 Å². The third-order valence-electron chi connectivity index (χ3n) is 4.65. The molecule has 0 fully saturated rings. The molecule has 0 aliphatic rings. The Morgan fingerprint density at radius 2 is 1.70 bits per heavy atom. The Morgan fingerprint density at radius 3 is 2.48 bits per heavy atom. The number of fused-ring (bicyclic) bond motifs is 1. The first-order valence-electron chi connectivity index (χ1n) is 9.09. The molecule has 1 atom stereocenters. The minimum absolute atomic E-state index is 0.340. The molecule has 27 heavy (non-hydrogen) atoms. The molecule has 1 amide bonds. The van der Waals surface area contributed by atoms with Crippen LogP contribution in [0.15, 0.2) is 60.7 Å². The lowest BCUT2D eigenvalue weighted by Crippen LogP contribution is -2.30.